The van der Waals surface area contributed by atoms with Gasteiger partial charge in [0.2, 0.25) is 0 Å². The number of thiophene rings is 1. The molecule has 5 heteroatoms. The van der Waals surface area contributed by atoms with Crippen molar-refractivity contribution in [2.24, 2.45) is 0 Å². The molecule has 0 spiro atoms. The Morgan fingerprint density at radius 2 is 1.04 bits per heavy atom. The summed E-state index contributed by atoms with van der Waals surface area (Å²) >= 11 is 1.53. The molecule has 3 heterocycles. The summed E-state index contributed by atoms with van der Waals surface area (Å²) in [5.41, 5.74) is 0.0185. The molecule has 0 unspecified atom stereocenters. The second-order valence-electron chi connectivity index (χ2n) is 12.8. The zero-order chi connectivity index (χ0) is 50.9. The molecule has 0 radical (unpaired) electrons. The Hall–Kier alpha value is -7.21. The van der Waals surface area contributed by atoms with Gasteiger partial charge in [0.05, 0.1) is 33.0 Å². The molecule has 0 saturated carbocycles. The van der Waals surface area contributed by atoms with Crippen molar-refractivity contribution in [3.8, 4) is 62.1 Å². The molecule has 0 amide bonds. The first-order chi connectivity index (χ1) is 34.4. The lowest BCUT2D eigenvalue weighted by Crippen LogP contribution is -2.00. The maximum absolute atomic E-state index is 9.96. The molecule has 0 N–H and O–H groups in total. The van der Waals surface area contributed by atoms with E-state index in [9.17, 15) is 9.60 Å². The van der Waals surface area contributed by atoms with Gasteiger partial charge in [-0.05, 0) is 70.6 Å². The molecule has 0 aliphatic rings. The summed E-state index contributed by atoms with van der Waals surface area (Å²) in [7, 11) is 0. The quantitative estimate of drug-likeness (QED) is 0.170. The molecule has 3 aromatic heterocycles. The number of fused-ring (bicyclic) bond motifs is 6. The van der Waals surface area contributed by atoms with Gasteiger partial charge in [0.1, 0.15) is 0 Å². The first kappa shape index (κ1) is 19.9. The number of benzene rings is 8. The zero-order valence-corrected chi connectivity index (χ0v) is 29.8. The lowest BCUT2D eigenvalue weighted by atomic mass is 10.0. The van der Waals surface area contributed by atoms with E-state index in [0.29, 0.717) is 11.1 Å². The van der Waals surface area contributed by atoms with Crippen molar-refractivity contribution in [2.75, 3.05) is 0 Å². The number of aromatic nitrogens is 4. The van der Waals surface area contributed by atoms with Crippen LogP contribution in [0.1, 0.15) is 21.9 Å². The summed E-state index contributed by atoms with van der Waals surface area (Å²) in [5.74, 6) is 0.127. The molecule has 0 aliphatic carbocycles. The van der Waals surface area contributed by atoms with Crippen molar-refractivity contribution in [1.29, 1.82) is 0 Å². The maximum Gasteiger partial charge on any atom is 0.165 e. The molecule has 0 saturated heterocycles. The Labute approximate surface area is 350 Å². The normalized spacial score (nSPS) is 15.6. The van der Waals surface area contributed by atoms with Gasteiger partial charge < -0.3 is 4.57 Å². The minimum atomic E-state index is -0.869. The molecule has 0 bridgehead atoms. The van der Waals surface area contributed by atoms with Crippen LogP contribution in [0.25, 0.3) is 104 Å². The van der Waals surface area contributed by atoms with Gasteiger partial charge >= 0.3 is 0 Å². The van der Waals surface area contributed by atoms with E-state index in [0.717, 1.165) is 35.9 Å². The highest BCUT2D eigenvalue weighted by Crippen LogP contribution is 2.40. The van der Waals surface area contributed by atoms with Gasteiger partial charge in [-0.1, -0.05) is 145 Å². The van der Waals surface area contributed by atoms with Gasteiger partial charge in [0, 0.05) is 53.3 Å². The summed E-state index contributed by atoms with van der Waals surface area (Å²) in [4.78, 5) is 14.7. The van der Waals surface area contributed by atoms with Crippen LogP contribution < -0.4 is 0 Å². The summed E-state index contributed by atoms with van der Waals surface area (Å²) in [6.07, 6.45) is 0. The Bertz CT molecular complexity index is 4120. The monoisotopic (exact) mass is 748 g/mol. The standard InChI is InChI=1S/C51H32N4S/c1-3-12-33(13-4-1)35-22-24-37(25-23-35)49-52-50(54-51(53-49)43-19-11-18-42-41-17-8-10-21-47(41)56-48(42)43)38-28-31-46-44(32-38)40-16-7-9-20-45(40)55(46)39-29-26-36(27-30-39)34-14-5-2-6-15-34/h1-32H/i2D,5D,6D,7D,9D,14D,15D,16D,20D,26D,27D,28D,29D,30D,31D,32D. The minimum Gasteiger partial charge on any atom is -0.309 e. The van der Waals surface area contributed by atoms with E-state index in [-0.39, 0.29) is 33.8 Å². The number of hydrogen-bond donors (Lipinski definition) is 0. The van der Waals surface area contributed by atoms with Gasteiger partial charge in [-0.2, -0.15) is 0 Å². The average molecular weight is 749 g/mol. The van der Waals surface area contributed by atoms with Crippen LogP contribution in [0.3, 0.4) is 0 Å². The maximum atomic E-state index is 9.96. The van der Waals surface area contributed by atoms with Crippen molar-refractivity contribution < 1.29 is 21.9 Å². The van der Waals surface area contributed by atoms with E-state index < -0.39 is 125 Å². The fourth-order valence-electron chi connectivity index (χ4n) is 6.87. The third-order valence-corrected chi connectivity index (χ3v) is 10.7. The van der Waals surface area contributed by atoms with Gasteiger partial charge in [-0.15, -0.1) is 11.3 Å². The van der Waals surface area contributed by atoms with Gasteiger partial charge in [-0.3, -0.25) is 0 Å². The van der Waals surface area contributed by atoms with Crippen molar-refractivity contribution in [2.45, 2.75) is 0 Å². The second kappa shape index (κ2) is 13.3. The molecule has 0 fully saturated rings. The SMILES string of the molecule is [2H]c1c([2H])c([2H])c(-c2c([2H])c([2H])c(-n3c4c([2H])c([2H])c([2H])c([2H])c4c4c([2H])c(-c5nc(-c6ccc(-c7ccccc7)cc6)nc(-c6cccc7c6sc6ccccc67)n5)c([2H])c([2H])c43)c([2H])c2[2H])c([2H])c1[2H]. The Kier molecular flexibility index (Phi) is 4.72. The van der Waals surface area contributed by atoms with Crippen LogP contribution in [-0.2, 0) is 0 Å². The highest BCUT2D eigenvalue weighted by Gasteiger charge is 2.19. The lowest BCUT2D eigenvalue weighted by Gasteiger charge is -2.11. The third kappa shape index (κ3) is 5.48. The topological polar surface area (TPSA) is 43.6 Å². The van der Waals surface area contributed by atoms with Crippen LogP contribution in [0.5, 0.6) is 0 Å². The summed E-state index contributed by atoms with van der Waals surface area (Å²) in [5, 5.41) is 1.33. The number of hydrogen-bond acceptors (Lipinski definition) is 4. The largest absolute Gasteiger partial charge is 0.309 e. The van der Waals surface area contributed by atoms with Crippen LogP contribution in [-0.4, -0.2) is 19.5 Å². The first-order valence-electron chi connectivity index (χ1n) is 25.5. The summed E-state index contributed by atoms with van der Waals surface area (Å²) in [6, 6.07) is 18.8. The molecule has 4 nitrogen and oxygen atoms in total. The highest BCUT2D eigenvalue weighted by molar-refractivity contribution is 7.26. The van der Waals surface area contributed by atoms with E-state index >= 15 is 0 Å². The van der Waals surface area contributed by atoms with Crippen LogP contribution in [0.4, 0.5) is 0 Å². The van der Waals surface area contributed by atoms with Gasteiger partial charge in [0.15, 0.2) is 17.5 Å². The summed E-state index contributed by atoms with van der Waals surface area (Å²) < 4.78 is 147. The fourth-order valence-corrected chi connectivity index (χ4v) is 8.08. The van der Waals surface area contributed by atoms with E-state index in [1.165, 1.54) is 11.3 Å². The molecule has 0 aliphatic heterocycles. The number of nitrogens with zero attached hydrogens (tertiary/aromatic N) is 4. The lowest BCUT2D eigenvalue weighted by molar-refractivity contribution is 1.08. The van der Waals surface area contributed by atoms with Crippen LogP contribution in [0.15, 0.2) is 194 Å². The van der Waals surface area contributed by atoms with Crippen LogP contribution in [0.2, 0.25) is 0 Å². The predicted octanol–water partition coefficient (Wildman–Crippen LogP) is 13.7. The van der Waals surface area contributed by atoms with Crippen molar-refractivity contribution in [3.63, 3.8) is 0 Å². The van der Waals surface area contributed by atoms with Crippen molar-refractivity contribution in [3.05, 3.63) is 194 Å². The van der Waals surface area contributed by atoms with E-state index in [1.807, 2.05) is 97.1 Å². The first-order valence-corrected chi connectivity index (χ1v) is 18.3. The highest BCUT2D eigenvalue weighted by atomic mass is 32.1. The molecular formula is C51H32N4S. The number of rotatable bonds is 6. The van der Waals surface area contributed by atoms with Crippen LogP contribution >= 0.6 is 11.3 Å². The minimum absolute atomic E-state index is 0.158. The fraction of sp³-hybridized carbons (Fsp3) is 0. The second-order valence-corrected chi connectivity index (χ2v) is 13.8. The molecule has 11 aromatic rings. The predicted molar refractivity (Wildman–Crippen MR) is 234 cm³/mol. The molecule has 8 aromatic carbocycles. The Morgan fingerprint density at radius 3 is 1.88 bits per heavy atom. The third-order valence-electron chi connectivity index (χ3n) is 9.50. The van der Waals surface area contributed by atoms with E-state index in [4.69, 9.17) is 27.3 Å². The molecule has 0 atom stereocenters. The van der Waals surface area contributed by atoms with E-state index in [2.05, 4.69) is 0 Å². The van der Waals surface area contributed by atoms with Crippen LogP contribution in [0, 0.1) is 0 Å². The van der Waals surface area contributed by atoms with Crippen molar-refractivity contribution in [1.82, 2.24) is 19.5 Å². The smallest absolute Gasteiger partial charge is 0.165 e. The molecular weight excluding hydrogens is 701 g/mol. The Morgan fingerprint density at radius 1 is 0.411 bits per heavy atom. The Balaban J connectivity index is 1.22. The van der Waals surface area contributed by atoms with Gasteiger partial charge in [-0.25, -0.2) is 15.0 Å². The molecule has 56 heavy (non-hydrogen) atoms. The van der Waals surface area contributed by atoms with Crippen molar-refractivity contribution >= 4 is 53.3 Å². The number of para-hydroxylation sites is 1. The summed E-state index contributed by atoms with van der Waals surface area (Å²) in [6.45, 7) is 0. The average Bonchev–Trinajstić information content (AvgIpc) is 3.96. The van der Waals surface area contributed by atoms with E-state index in [1.54, 1.807) is 0 Å². The van der Waals surface area contributed by atoms with Gasteiger partial charge in [0.25, 0.3) is 0 Å². The zero-order valence-electron chi connectivity index (χ0n) is 44.9. The molecule has 262 valence electrons. The molecule has 11 rings (SSSR count).